The van der Waals surface area contributed by atoms with E-state index in [0.29, 0.717) is 12.8 Å². The molecule has 2 saturated carbocycles. The SMILES string of the molecule is C=C1CC[C@@H]2[C@@H](C)C(C(F)(F)F)(C(F)(F)F)CC[C@@]2(C)[C@@H]1C/C=C1/C(=O)OCC1NC=O. The van der Waals surface area contributed by atoms with Gasteiger partial charge in [0.1, 0.15) is 6.61 Å². The summed E-state index contributed by atoms with van der Waals surface area (Å²) in [7, 11) is 0. The van der Waals surface area contributed by atoms with Crippen molar-refractivity contribution in [3.63, 3.8) is 0 Å². The highest BCUT2D eigenvalue weighted by Gasteiger charge is 2.76. The molecule has 0 aromatic rings. The first-order valence-electron chi connectivity index (χ1n) is 10.6. The van der Waals surface area contributed by atoms with Gasteiger partial charge in [0.25, 0.3) is 0 Å². The monoisotopic (exact) mass is 467 g/mol. The molecule has 5 atom stereocenters. The summed E-state index contributed by atoms with van der Waals surface area (Å²) in [5, 5.41) is 2.47. The van der Waals surface area contributed by atoms with Crippen LogP contribution < -0.4 is 5.32 Å². The Labute approximate surface area is 182 Å². The molecule has 1 saturated heterocycles. The van der Waals surface area contributed by atoms with Gasteiger partial charge in [-0.3, -0.25) is 4.79 Å². The average Bonchev–Trinajstić information content (AvgIpc) is 2.99. The number of allylic oxidation sites excluding steroid dienone is 2. The largest absolute Gasteiger partial charge is 0.460 e. The molecule has 1 aliphatic heterocycles. The summed E-state index contributed by atoms with van der Waals surface area (Å²) in [6.07, 6.45) is -9.32. The van der Waals surface area contributed by atoms with Gasteiger partial charge in [-0.1, -0.05) is 32.1 Å². The maximum atomic E-state index is 13.9. The van der Waals surface area contributed by atoms with Crippen molar-refractivity contribution in [3.05, 3.63) is 23.8 Å². The molecule has 0 bridgehead atoms. The summed E-state index contributed by atoms with van der Waals surface area (Å²) in [4.78, 5) is 22.8. The Bertz CT molecular complexity index is 803. The fourth-order valence-electron chi connectivity index (χ4n) is 6.35. The molecule has 10 heteroatoms. The van der Waals surface area contributed by atoms with E-state index < -0.39 is 53.5 Å². The third kappa shape index (κ3) is 3.63. The number of esters is 1. The molecule has 1 amide bonds. The van der Waals surface area contributed by atoms with E-state index in [0.717, 1.165) is 12.5 Å². The van der Waals surface area contributed by atoms with Crippen molar-refractivity contribution in [1.29, 1.82) is 0 Å². The number of hydrogen-bond acceptors (Lipinski definition) is 3. The van der Waals surface area contributed by atoms with Crippen LogP contribution in [0.1, 0.15) is 46.0 Å². The summed E-state index contributed by atoms with van der Waals surface area (Å²) in [6.45, 7) is 6.84. The van der Waals surface area contributed by atoms with Gasteiger partial charge < -0.3 is 10.1 Å². The van der Waals surface area contributed by atoms with Crippen LogP contribution in [-0.4, -0.2) is 37.4 Å². The van der Waals surface area contributed by atoms with Crippen LogP contribution in [0.25, 0.3) is 0 Å². The third-order valence-corrected chi connectivity index (χ3v) is 8.20. The summed E-state index contributed by atoms with van der Waals surface area (Å²) in [6, 6.07) is -0.631. The van der Waals surface area contributed by atoms with Crippen molar-refractivity contribution < 1.29 is 40.7 Å². The molecule has 3 aliphatic rings. The zero-order chi connectivity index (χ0) is 24.1. The smallest absolute Gasteiger partial charge is 0.403 e. The van der Waals surface area contributed by atoms with E-state index in [1.165, 1.54) is 0 Å². The fraction of sp³-hybridized carbons (Fsp3) is 0.727. The van der Waals surface area contributed by atoms with Gasteiger partial charge in [0, 0.05) is 0 Å². The van der Waals surface area contributed by atoms with E-state index in [1.807, 2.05) is 0 Å². The summed E-state index contributed by atoms with van der Waals surface area (Å²) in [5.74, 6) is -3.45. The number of carbonyl (C=O) groups excluding carboxylic acids is 2. The van der Waals surface area contributed by atoms with E-state index >= 15 is 0 Å². The Morgan fingerprint density at radius 1 is 1.19 bits per heavy atom. The Kier molecular flexibility index (Phi) is 6.23. The number of rotatable bonds is 4. The fourth-order valence-corrected chi connectivity index (χ4v) is 6.35. The highest BCUT2D eigenvalue weighted by molar-refractivity contribution is 5.92. The second kappa shape index (κ2) is 8.09. The van der Waals surface area contributed by atoms with Crippen molar-refractivity contribution in [3.8, 4) is 0 Å². The van der Waals surface area contributed by atoms with Gasteiger partial charge in [-0.05, 0) is 55.3 Å². The minimum atomic E-state index is -5.40. The molecule has 0 spiro atoms. The summed E-state index contributed by atoms with van der Waals surface area (Å²) in [5.41, 5.74) is -3.58. The first-order chi connectivity index (χ1) is 14.7. The molecular weight excluding hydrogens is 440 g/mol. The van der Waals surface area contributed by atoms with E-state index in [2.05, 4.69) is 11.9 Å². The van der Waals surface area contributed by atoms with Crippen LogP contribution >= 0.6 is 0 Å². The highest BCUT2D eigenvalue weighted by atomic mass is 19.4. The van der Waals surface area contributed by atoms with Crippen LogP contribution in [0.15, 0.2) is 23.8 Å². The van der Waals surface area contributed by atoms with Crippen molar-refractivity contribution in [2.75, 3.05) is 6.61 Å². The lowest BCUT2D eigenvalue weighted by molar-refractivity contribution is -0.378. The van der Waals surface area contributed by atoms with Gasteiger partial charge in [-0.2, -0.15) is 26.3 Å². The number of amides is 1. The third-order valence-electron chi connectivity index (χ3n) is 8.20. The second-order valence-corrected chi connectivity index (χ2v) is 9.45. The molecule has 32 heavy (non-hydrogen) atoms. The molecule has 3 rings (SSSR count). The molecule has 1 unspecified atom stereocenters. The van der Waals surface area contributed by atoms with Gasteiger partial charge in [0.2, 0.25) is 6.41 Å². The van der Waals surface area contributed by atoms with Crippen LogP contribution in [-0.2, 0) is 14.3 Å². The lowest BCUT2D eigenvalue weighted by atomic mass is 9.45. The molecule has 2 aliphatic carbocycles. The highest BCUT2D eigenvalue weighted by Crippen LogP contribution is 2.69. The van der Waals surface area contributed by atoms with Crippen LogP contribution in [0.2, 0.25) is 0 Å². The zero-order valence-electron chi connectivity index (χ0n) is 17.9. The Balaban J connectivity index is 1.94. The first-order valence-corrected chi connectivity index (χ1v) is 10.6. The van der Waals surface area contributed by atoms with Crippen molar-refractivity contribution in [2.24, 2.45) is 28.6 Å². The maximum absolute atomic E-state index is 13.9. The number of alkyl halides is 6. The predicted molar refractivity (Wildman–Crippen MR) is 103 cm³/mol. The number of hydrogen-bond donors (Lipinski definition) is 1. The molecule has 1 N–H and O–H groups in total. The number of ether oxygens (including phenoxy) is 1. The minimum Gasteiger partial charge on any atom is -0.460 e. The van der Waals surface area contributed by atoms with Gasteiger partial charge in [0.15, 0.2) is 5.41 Å². The topological polar surface area (TPSA) is 55.4 Å². The van der Waals surface area contributed by atoms with Crippen molar-refractivity contribution in [1.82, 2.24) is 5.32 Å². The molecule has 180 valence electrons. The number of fused-ring (bicyclic) bond motifs is 1. The Morgan fingerprint density at radius 2 is 1.81 bits per heavy atom. The van der Waals surface area contributed by atoms with Crippen LogP contribution in [0.4, 0.5) is 26.3 Å². The van der Waals surface area contributed by atoms with Crippen LogP contribution in [0.3, 0.4) is 0 Å². The number of cyclic esters (lactones) is 1. The lowest BCUT2D eigenvalue weighted by Crippen LogP contribution is -2.62. The Hall–Kier alpha value is -2.00. The van der Waals surface area contributed by atoms with Gasteiger partial charge in [-0.25, -0.2) is 4.79 Å². The Morgan fingerprint density at radius 3 is 2.38 bits per heavy atom. The molecule has 4 nitrogen and oxygen atoms in total. The molecule has 0 aromatic heterocycles. The summed E-state index contributed by atoms with van der Waals surface area (Å²) >= 11 is 0. The van der Waals surface area contributed by atoms with E-state index in [1.54, 1.807) is 13.0 Å². The van der Waals surface area contributed by atoms with E-state index in [-0.39, 0.29) is 37.4 Å². The number of carbonyl (C=O) groups is 2. The average molecular weight is 467 g/mol. The predicted octanol–water partition coefficient (Wildman–Crippen LogP) is 5.10. The van der Waals surface area contributed by atoms with Crippen LogP contribution in [0, 0.1) is 28.6 Å². The normalized spacial score (nSPS) is 36.6. The molecule has 1 heterocycles. The zero-order valence-corrected chi connectivity index (χ0v) is 17.9. The molecule has 0 aromatic carbocycles. The van der Waals surface area contributed by atoms with E-state index in [4.69, 9.17) is 4.74 Å². The van der Waals surface area contributed by atoms with Gasteiger partial charge >= 0.3 is 18.3 Å². The van der Waals surface area contributed by atoms with Crippen molar-refractivity contribution >= 4 is 12.4 Å². The van der Waals surface area contributed by atoms with Gasteiger partial charge in [-0.15, -0.1) is 0 Å². The maximum Gasteiger partial charge on any atom is 0.403 e. The van der Waals surface area contributed by atoms with Gasteiger partial charge in [0.05, 0.1) is 11.6 Å². The number of nitrogens with one attached hydrogen (secondary N) is 1. The van der Waals surface area contributed by atoms with Crippen molar-refractivity contribution in [2.45, 2.75) is 64.3 Å². The molecular formula is C22H27F6NO3. The lowest BCUT2D eigenvalue weighted by Gasteiger charge is -2.60. The minimum absolute atomic E-state index is 0.0222. The standard InChI is InChI=1S/C22H27F6NO3/c1-12-4-6-16-13(2)20(21(23,24)25,22(26,27)28)9-8-19(16,3)15(12)7-5-14-17(29-11-30)10-32-18(14)31/h5,11,13,15-17H,1,4,6-10H2,2-3H3,(H,29,30)/b14-5+/t13-,15-,16-,17?,19+/m1/s1. The summed E-state index contributed by atoms with van der Waals surface area (Å²) < 4.78 is 88.2. The molecule has 3 fully saturated rings. The molecule has 0 radical (unpaired) electrons. The quantitative estimate of drug-likeness (QED) is 0.206. The van der Waals surface area contributed by atoms with E-state index in [9.17, 15) is 35.9 Å². The first kappa shape index (κ1) is 24.6. The van der Waals surface area contributed by atoms with Crippen LogP contribution in [0.5, 0.6) is 0 Å². The second-order valence-electron chi connectivity index (χ2n) is 9.45. The number of halogens is 6.